The van der Waals surface area contributed by atoms with Crippen LogP contribution in [0.4, 0.5) is 0 Å². The van der Waals surface area contributed by atoms with Crippen LogP contribution in [0.25, 0.3) is 110 Å². The minimum atomic E-state index is 1.13. The monoisotopic (exact) mass is 736 g/mol. The van der Waals surface area contributed by atoms with Gasteiger partial charge >= 0.3 is 0 Å². The average molecular weight is 737 g/mol. The number of hydrogen-bond donors (Lipinski definition) is 0. The molecular formula is C56H36N2. The van der Waals surface area contributed by atoms with Gasteiger partial charge in [0.1, 0.15) is 0 Å². The minimum Gasteiger partial charge on any atom is -0.309 e. The summed E-state index contributed by atoms with van der Waals surface area (Å²) in [4.78, 5) is 0. The van der Waals surface area contributed by atoms with Gasteiger partial charge in [0, 0.05) is 32.9 Å². The summed E-state index contributed by atoms with van der Waals surface area (Å²) in [5, 5.41) is 10.1. The lowest BCUT2D eigenvalue weighted by atomic mass is 9.94. The highest BCUT2D eigenvalue weighted by molar-refractivity contribution is 6.25. The molecule has 0 N–H and O–H groups in total. The van der Waals surface area contributed by atoms with E-state index in [0.717, 1.165) is 11.4 Å². The van der Waals surface area contributed by atoms with E-state index < -0.39 is 0 Å². The summed E-state index contributed by atoms with van der Waals surface area (Å²) < 4.78 is 4.94. The third-order valence-electron chi connectivity index (χ3n) is 12.1. The van der Waals surface area contributed by atoms with E-state index in [0.29, 0.717) is 0 Å². The van der Waals surface area contributed by atoms with Crippen LogP contribution in [0, 0.1) is 0 Å². The first-order valence-electron chi connectivity index (χ1n) is 20.0. The van der Waals surface area contributed by atoms with E-state index in [1.807, 2.05) is 0 Å². The third-order valence-corrected chi connectivity index (χ3v) is 12.1. The standard InChI is InChI=1S/C56H36N2/c1-3-14-37(15-4-1)46-32-31-43(34-49(46)39-16-5-2-6-17-39)58-53-33-28-40-19-8-10-22-47(40)56(53)51-35-50-48-23-11-12-25-52(48)57(54(50)36-55(51)58)42-29-26-41(27-30-42)45-24-13-20-38-18-7-9-21-44(38)45/h1-36H. The maximum Gasteiger partial charge on any atom is 0.0562 e. The Morgan fingerprint density at radius 3 is 1.59 bits per heavy atom. The van der Waals surface area contributed by atoms with Crippen molar-refractivity contribution < 1.29 is 0 Å². The summed E-state index contributed by atoms with van der Waals surface area (Å²) >= 11 is 0. The number of benzene rings is 10. The molecule has 2 heterocycles. The molecule has 0 saturated carbocycles. The fourth-order valence-electron chi connectivity index (χ4n) is 9.47. The van der Waals surface area contributed by atoms with Crippen molar-refractivity contribution in [3.63, 3.8) is 0 Å². The van der Waals surface area contributed by atoms with Crippen LogP contribution < -0.4 is 0 Å². The van der Waals surface area contributed by atoms with Gasteiger partial charge in [-0.05, 0) is 103 Å². The molecule has 0 atom stereocenters. The van der Waals surface area contributed by atoms with Crippen molar-refractivity contribution in [3.05, 3.63) is 218 Å². The molecule has 12 rings (SSSR count). The number of hydrogen-bond acceptors (Lipinski definition) is 0. The predicted molar refractivity (Wildman–Crippen MR) is 246 cm³/mol. The van der Waals surface area contributed by atoms with E-state index in [2.05, 4.69) is 228 Å². The molecule has 0 fully saturated rings. The lowest BCUT2D eigenvalue weighted by molar-refractivity contribution is 1.17. The van der Waals surface area contributed by atoms with Crippen molar-refractivity contribution in [2.45, 2.75) is 0 Å². The molecule has 2 nitrogen and oxygen atoms in total. The first-order chi connectivity index (χ1) is 28.8. The van der Waals surface area contributed by atoms with Gasteiger partial charge in [0.2, 0.25) is 0 Å². The average Bonchev–Trinajstić information content (AvgIpc) is 3.80. The van der Waals surface area contributed by atoms with E-state index in [1.54, 1.807) is 0 Å². The van der Waals surface area contributed by atoms with Gasteiger partial charge in [0.05, 0.1) is 22.1 Å². The maximum atomic E-state index is 2.49. The zero-order chi connectivity index (χ0) is 38.2. The molecule has 0 aliphatic carbocycles. The molecule has 0 amide bonds. The van der Waals surface area contributed by atoms with Crippen LogP contribution in [-0.4, -0.2) is 9.13 Å². The van der Waals surface area contributed by atoms with Crippen molar-refractivity contribution in [3.8, 4) is 44.8 Å². The van der Waals surface area contributed by atoms with Gasteiger partial charge in [0.25, 0.3) is 0 Å². The lowest BCUT2D eigenvalue weighted by Gasteiger charge is -2.15. The fourth-order valence-corrected chi connectivity index (χ4v) is 9.47. The smallest absolute Gasteiger partial charge is 0.0562 e. The minimum absolute atomic E-state index is 1.13. The highest BCUT2D eigenvalue weighted by Gasteiger charge is 2.21. The normalized spacial score (nSPS) is 11.8. The van der Waals surface area contributed by atoms with Gasteiger partial charge in [-0.1, -0.05) is 170 Å². The van der Waals surface area contributed by atoms with Crippen LogP contribution in [0.2, 0.25) is 0 Å². The summed E-state index contributed by atoms with van der Waals surface area (Å²) in [5.74, 6) is 0. The van der Waals surface area contributed by atoms with Gasteiger partial charge < -0.3 is 9.13 Å². The Morgan fingerprint density at radius 2 is 0.810 bits per heavy atom. The van der Waals surface area contributed by atoms with Crippen molar-refractivity contribution in [1.82, 2.24) is 9.13 Å². The molecule has 12 aromatic rings. The second-order valence-corrected chi connectivity index (χ2v) is 15.3. The van der Waals surface area contributed by atoms with Gasteiger partial charge in [-0.2, -0.15) is 0 Å². The number of aromatic nitrogens is 2. The Balaban J connectivity index is 1.14. The van der Waals surface area contributed by atoms with Crippen molar-refractivity contribution in [2.24, 2.45) is 0 Å². The van der Waals surface area contributed by atoms with Crippen molar-refractivity contribution in [2.75, 3.05) is 0 Å². The third kappa shape index (κ3) is 4.99. The number of nitrogens with zero attached hydrogens (tertiary/aromatic N) is 2. The Bertz CT molecular complexity index is 3530. The maximum absolute atomic E-state index is 2.49. The fraction of sp³-hybridized carbons (Fsp3) is 0. The van der Waals surface area contributed by atoms with E-state index in [1.165, 1.54) is 98.5 Å². The number of rotatable bonds is 5. The second kappa shape index (κ2) is 12.9. The molecule has 0 unspecified atom stereocenters. The highest BCUT2D eigenvalue weighted by Crippen LogP contribution is 2.43. The zero-order valence-electron chi connectivity index (χ0n) is 31.7. The summed E-state index contributed by atoms with van der Waals surface area (Å²) in [6, 6.07) is 80.0. The van der Waals surface area contributed by atoms with Crippen LogP contribution in [0.5, 0.6) is 0 Å². The molecule has 2 heteroatoms. The Labute approximate surface area is 336 Å². The molecule has 0 radical (unpaired) electrons. The van der Waals surface area contributed by atoms with E-state index in [4.69, 9.17) is 0 Å². The molecule has 0 aliphatic heterocycles. The lowest BCUT2D eigenvalue weighted by Crippen LogP contribution is -1.97. The second-order valence-electron chi connectivity index (χ2n) is 15.3. The number of para-hydroxylation sites is 1. The first kappa shape index (κ1) is 32.6. The van der Waals surface area contributed by atoms with Gasteiger partial charge in [-0.3, -0.25) is 0 Å². The van der Waals surface area contributed by atoms with Crippen LogP contribution in [0.1, 0.15) is 0 Å². The van der Waals surface area contributed by atoms with Crippen molar-refractivity contribution >= 4 is 65.2 Å². The van der Waals surface area contributed by atoms with Crippen LogP contribution in [0.3, 0.4) is 0 Å². The van der Waals surface area contributed by atoms with E-state index >= 15 is 0 Å². The van der Waals surface area contributed by atoms with Crippen molar-refractivity contribution in [1.29, 1.82) is 0 Å². The van der Waals surface area contributed by atoms with Crippen LogP contribution >= 0.6 is 0 Å². The zero-order valence-corrected chi connectivity index (χ0v) is 31.7. The summed E-state index contributed by atoms with van der Waals surface area (Å²) in [5.41, 5.74) is 14.3. The first-order valence-corrected chi connectivity index (χ1v) is 20.0. The largest absolute Gasteiger partial charge is 0.309 e. The van der Waals surface area contributed by atoms with Crippen LogP contribution in [0.15, 0.2) is 218 Å². The quantitative estimate of drug-likeness (QED) is 0.167. The Hall–Kier alpha value is -7.68. The SMILES string of the molecule is c1ccc(-c2ccc(-n3c4cc5c(cc4c4c6ccccc6ccc43)c3ccccc3n5-c3ccc(-c4cccc5ccccc45)cc3)cc2-c2ccccc2)cc1. The van der Waals surface area contributed by atoms with E-state index in [-0.39, 0.29) is 0 Å². The molecule has 270 valence electrons. The molecule has 0 aliphatic rings. The number of fused-ring (bicyclic) bond motifs is 9. The van der Waals surface area contributed by atoms with Gasteiger partial charge in [0.15, 0.2) is 0 Å². The summed E-state index contributed by atoms with van der Waals surface area (Å²) in [6.45, 7) is 0. The Morgan fingerprint density at radius 1 is 0.241 bits per heavy atom. The molecule has 10 aromatic carbocycles. The van der Waals surface area contributed by atoms with E-state index in [9.17, 15) is 0 Å². The Kier molecular flexibility index (Phi) is 7.26. The molecule has 2 aromatic heterocycles. The summed E-state index contributed by atoms with van der Waals surface area (Å²) in [7, 11) is 0. The molecule has 0 saturated heterocycles. The molecular weight excluding hydrogens is 701 g/mol. The van der Waals surface area contributed by atoms with Gasteiger partial charge in [-0.15, -0.1) is 0 Å². The molecule has 0 bridgehead atoms. The summed E-state index contributed by atoms with van der Waals surface area (Å²) in [6.07, 6.45) is 0. The topological polar surface area (TPSA) is 9.86 Å². The predicted octanol–water partition coefficient (Wildman–Crippen LogP) is 15.2. The van der Waals surface area contributed by atoms with Gasteiger partial charge in [-0.25, -0.2) is 0 Å². The molecule has 0 spiro atoms. The highest BCUT2D eigenvalue weighted by atomic mass is 15.0. The molecule has 58 heavy (non-hydrogen) atoms. The van der Waals surface area contributed by atoms with Crippen LogP contribution in [-0.2, 0) is 0 Å².